The average molecular weight is 339 g/mol. The number of likely N-dealkylation sites (N-methyl/N-ethyl adjacent to an activating group) is 1. The number of carbonyl (C=O) groups excluding carboxylic acids is 1. The summed E-state index contributed by atoms with van der Waals surface area (Å²) in [5, 5.41) is 10.6. The molecular formula is C12H15BrN6O. The van der Waals surface area contributed by atoms with E-state index >= 15 is 0 Å². The van der Waals surface area contributed by atoms with Gasteiger partial charge in [0, 0.05) is 30.5 Å². The van der Waals surface area contributed by atoms with Crippen LogP contribution in [0.4, 0.5) is 5.82 Å². The molecule has 2 heterocycles. The highest BCUT2D eigenvalue weighted by atomic mass is 79.9. The molecule has 1 amide bonds. The van der Waals surface area contributed by atoms with Gasteiger partial charge in [0.2, 0.25) is 5.91 Å². The minimum atomic E-state index is -0.119. The predicted molar refractivity (Wildman–Crippen MR) is 77.9 cm³/mol. The van der Waals surface area contributed by atoms with Crippen molar-refractivity contribution in [2.75, 3.05) is 18.9 Å². The van der Waals surface area contributed by atoms with Crippen LogP contribution in [-0.4, -0.2) is 44.4 Å². The van der Waals surface area contributed by atoms with Crippen molar-refractivity contribution in [3.05, 3.63) is 34.7 Å². The van der Waals surface area contributed by atoms with Crippen molar-refractivity contribution in [1.29, 1.82) is 0 Å². The normalized spacial score (nSPS) is 10.8. The van der Waals surface area contributed by atoms with E-state index in [1.807, 2.05) is 31.3 Å². The molecule has 0 saturated heterocycles. The summed E-state index contributed by atoms with van der Waals surface area (Å²) in [6.07, 6.45) is 3.46. The SMILES string of the molecule is CN(CC(=O)Nc1ccc(Br)cn1)Cc1cn(C)nn1. The van der Waals surface area contributed by atoms with Gasteiger partial charge in [-0.05, 0) is 35.1 Å². The molecule has 0 aliphatic carbocycles. The molecule has 8 heteroatoms. The van der Waals surface area contributed by atoms with Gasteiger partial charge >= 0.3 is 0 Å². The summed E-state index contributed by atoms with van der Waals surface area (Å²) in [4.78, 5) is 17.8. The first-order valence-electron chi connectivity index (χ1n) is 5.98. The highest BCUT2D eigenvalue weighted by molar-refractivity contribution is 9.10. The number of amides is 1. The molecule has 0 radical (unpaired) electrons. The Morgan fingerprint density at radius 1 is 1.50 bits per heavy atom. The Morgan fingerprint density at radius 3 is 2.90 bits per heavy atom. The molecule has 1 N–H and O–H groups in total. The second kappa shape index (κ2) is 6.58. The van der Waals surface area contributed by atoms with Gasteiger partial charge in [0.25, 0.3) is 0 Å². The number of halogens is 1. The van der Waals surface area contributed by atoms with Crippen molar-refractivity contribution in [3.63, 3.8) is 0 Å². The molecule has 0 aliphatic heterocycles. The van der Waals surface area contributed by atoms with Crippen LogP contribution >= 0.6 is 15.9 Å². The Morgan fingerprint density at radius 2 is 2.30 bits per heavy atom. The van der Waals surface area contributed by atoms with E-state index < -0.39 is 0 Å². The number of nitrogens with zero attached hydrogens (tertiary/aromatic N) is 5. The molecule has 0 bridgehead atoms. The molecule has 0 spiro atoms. The maximum atomic E-state index is 11.9. The minimum absolute atomic E-state index is 0.119. The fourth-order valence-electron chi connectivity index (χ4n) is 1.68. The smallest absolute Gasteiger partial charge is 0.239 e. The van der Waals surface area contributed by atoms with Gasteiger partial charge in [-0.3, -0.25) is 14.4 Å². The molecule has 0 aliphatic rings. The zero-order valence-corrected chi connectivity index (χ0v) is 12.8. The largest absolute Gasteiger partial charge is 0.310 e. The van der Waals surface area contributed by atoms with Crippen LogP contribution in [0.2, 0.25) is 0 Å². The summed E-state index contributed by atoms with van der Waals surface area (Å²) >= 11 is 3.29. The monoisotopic (exact) mass is 338 g/mol. The molecule has 106 valence electrons. The zero-order valence-electron chi connectivity index (χ0n) is 11.2. The van der Waals surface area contributed by atoms with E-state index in [1.165, 1.54) is 0 Å². The first kappa shape index (κ1) is 14.6. The van der Waals surface area contributed by atoms with Crippen molar-refractivity contribution in [2.24, 2.45) is 7.05 Å². The van der Waals surface area contributed by atoms with Crippen LogP contribution < -0.4 is 5.32 Å². The van der Waals surface area contributed by atoms with Crippen LogP contribution in [0, 0.1) is 0 Å². The van der Waals surface area contributed by atoms with Crippen LogP contribution in [0.3, 0.4) is 0 Å². The van der Waals surface area contributed by atoms with E-state index in [0.717, 1.165) is 10.2 Å². The molecule has 0 fully saturated rings. The van der Waals surface area contributed by atoms with Crippen molar-refractivity contribution in [3.8, 4) is 0 Å². The third-order valence-electron chi connectivity index (χ3n) is 2.49. The van der Waals surface area contributed by atoms with Crippen molar-refractivity contribution >= 4 is 27.7 Å². The number of hydrogen-bond donors (Lipinski definition) is 1. The molecule has 0 unspecified atom stereocenters. The van der Waals surface area contributed by atoms with Crippen molar-refractivity contribution in [2.45, 2.75) is 6.54 Å². The lowest BCUT2D eigenvalue weighted by Gasteiger charge is -2.14. The standard InChI is InChI=1S/C12H15BrN6O/c1-18(6-10-7-19(2)17-16-10)8-12(20)15-11-4-3-9(13)5-14-11/h3-5,7H,6,8H2,1-2H3,(H,14,15,20). The number of anilines is 1. The number of pyridine rings is 1. The predicted octanol–water partition coefficient (Wildman–Crippen LogP) is 1.04. The third kappa shape index (κ3) is 4.39. The van der Waals surface area contributed by atoms with Gasteiger partial charge in [0.05, 0.1) is 12.2 Å². The Kier molecular flexibility index (Phi) is 4.80. The van der Waals surface area contributed by atoms with Gasteiger partial charge < -0.3 is 5.32 Å². The Balaban J connectivity index is 1.83. The van der Waals surface area contributed by atoms with Gasteiger partial charge in [-0.2, -0.15) is 0 Å². The minimum Gasteiger partial charge on any atom is -0.310 e. The Hall–Kier alpha value is -1.80. The van der Waals surface area contributed by atoms with E-state index in [9.17, 15) is 4.79 Å². The first-order chi connectivity index (χ1) is 9.52. The molecule has 0 atom stereocenters. The molecule has 0 aromatic carbocycles. The van der Waals surface area contributed by atoms with E-state index in [2.05, 4.69) is 36.5 Å². The quantitative estimate of drug-likeness (QED) is 0.881. The first-order valence-corrected chi connectivity index (χ1v) is 6.77. The number of aryl methyl sites for hydroxylation is 1. The second-order valence-electron chi connectivity index (χ2n) is 4.47. The van der Waals surface area contributed by atoms with E-state index in [4.69, 9.17) is 0 Å². The van der Waals surface area contributed by atoms with Crippen LogP contribution in [0.15, 0.2) is 29.0 Å². The summed E-state index contributed by atoms with van der Waals surface area (Å²) in [5.41, 5.74) is 0.824. The fraction of sp³-hybridized carbons (Fsp3) is 0.333. The fourth-order valence-corrected chi connectivity index (χ4v) is 1.91. The van der Waals surface area contributed by atoms with Gasteiger partial charge in [-0.1, -0.05) is 5.21 Å². The van der Waals surface area contributed by atoms with Gasteiger partial charge in [0.1, 0.15) is 5.82 Å². The lowest BCUT2D eigenvalue weighted by molar-refractivity contribution is -0.117. The average Bonchev–Trinajstić information content (AvgIpc) is 2.77. The second-order valence-corrected chi connectivity index (χ2v) is 5.38. The van der Waals surface area contributed by atoms with Crippen LogP contribution in [0.5, 0.6) is 0 Å². The van der Waals surface area contributed by atoms with E-state index in [-0.39, 0.29) is 12.5 Å². The summed E-state index contributed by atoms with van der Waals surface area (Å²) in [7, 11) is 3.66. The molecule has 20 heavy (non-hydrogen) atoms. The molecule has 2 aromatic rings. The number of aromatic nitrogens is 4. The molecule has 2 aromatic heterocycles. The highest BCUT2D eigenvalue weighted by Crippen LogP contribution is 2.10. The van der Waals surface area contributed by atoms with Gasteiger partial charge in [-0.25, -0.2) is 4.98 Å². The Bertz CT molecular complexity index is 582. The number of rotatable bonds is 5. The van der Waals surface area contributed by atoms with Crippen LogP contribution in [0.1, 0.15) is 5.69 Å². The summed E-state index contributed by atoms with van der Waals surface area (Å²) in [6.45, 7) is 0.823. The molecule has 7 nitrogen and oxygen atoms in total. The Labute approximate surface area is 125 Å². The van der Waals surface area contributed by atoms with E-state index in [1.54, 1.807) is 16.9 Å². The van der Waals surface area contributed by atoms with Gasteiger partial charge in [-0.15, -0.1) is 5.10 Å². The van der Waals surface area contributed by atoms with Crippen LogP contribution in [0.25, 0.3) is 0 Å². The maximum absolute atomic E-state index is 11.9. The van der Waals surface area contributed by atoms with E-state index in [0.29, 0.717) is 12.4 Å². The zero-order chi connectivity index (χ0) is 14.5. The lowest BCUT2D eigenvalue weighted by Crippen LogP contribution is -2.30. The summed E-state index contributed by atoms with van der Waals surface area (Å²) in [6, 6.07) is 3.57. The third-order valence-corrected chi connectivity index (χ3v) is 2.96. The molecular weight excluding hydrogens is 324 g/mol. The van der Waals surface area contributed by atoms with Crippen molar-refractivity contribution < 1.29 is 4.79 Å². The topological polar surface area (TPSA) is 75.9 Å². The van der Waals surface area contributed by atoms with Crippen molar-refractivity contribution in [1.82, 2.24) is 24.9 Å². The van der Waals surface area contributed by atoms with Crippen LogP contribution in [-0.2, 0) is 18.4 Å². The number of nitrogens with one attached hydrogen (secondary N) is 1. The van der Waals surface area contributed by atoms with Gasteiger partial charge in [0.15, 0.2) is 0 Å². The maximum Gasteiger partial charge on any atom is 0.239 e. The highest BCUT2D eigenvalue weighted by Gasteiger charge is 2.09. The summed E-state index contributed by atoms with van der Waals surface area (Å²) < 4.78 is 2.50. The summed E-state index contributed by atoms with van der Waals surface area (Å²) in [5.74, 6) is 0.414. The molecule has 0 saturated carbocycles. The number of carbonyl (C=O) groups is 1. The lowest BCUT2D eigenvalue weighted by atomic mass is 10.4. The molecule has 2 rings (SSSR count). The number of hydrogen-bond acceptors (Lipinski definition) is 5.